The van der Waals surface area contributed by atoms with E-state index in [2.05, 4.69) is 15.7 Å². The number of benzene rings is 2. The molecular weight excluding hydrogens is 589 g/mol. The number of pyridine rings is 1. The Labute approximate surface area is 259 Å². The Balaban J connectivity index is 1.41. The van der Waals surface area contributed by atoms with Crippen LogP contribution in [0.1, 0.15) is 42.1 Å². The minimum Gasteiger partial charge on any atom is -0.481 e. The van der Waals surface area contributed by atoms with Crippen molar-refractivity contribution in [2.24, 2.45) is 13.0 Å². The van der Waals surface area contributed by atoms with Gasteiger partial charge in [0, 0.05) is 54.0 Å². The Morgan fingerprint density at radius 2 is 1.72 bits per heavy atom. The van der Waals surface area contributed by atoms with Crippen molar-refractivity contribution in [2.45, 2.75) is 38.8 Å². The van der Waals surface area contributed by atoms with Crippen LogP contribution < -0.4 is 20.9 Å². The van der Waals surface area contributed by atoms with Crippen molar-refractivity contribution >= 4 is 40.6 Å². The van der Waals surface area contributed by atoms with Crippen LogP contribution >= 0.6 is 23.2 Å². The summed E-state index contributed by atoms with van der Waals surface area (Å²) in [6.07, 6.45) is 4.30. The minimum absolute atomic E-state index is 0.0430. The molecule has 11 heteroatoms. The number of hydrogen-bond donors (Lipinski definition) is 2. The van der Waals surface area contributed by atoms with Crippen LogP contribution in [0.3, 0.4) is 0 Å². The van der Waals surface area contributed by atoms with E-state index in [0.717, 1.165) is 29.5 Å². The molecule has 1 fully saturated rings. The number of anilines is 1. The summed E-state index contributed by atoms with van der Waals surface area (Å²) in [6, 6.07) is 16.1. The number of carbonyl (C=O) groups is 2. The van der Waals surface area contributed by atoms with Crippen molar-refractivity contribution in [2.75, 3.05) is 12.4 Å². The lowest BCUT2D eigenvalue weighted by Crippen LogP contribution is -2.35. The second kappa shape index (κ2) is 13.1. The molecule has 0 saturated heterocycles. The fourth-order valence-electron chi connectivity index (χ4n) is 5.51. The zero-order valence-electron chi connectivity index (χ0n) is 24.0. The third-order valence-corrected chi connectivity index (χ3v) is 8.60. The van der Waals surface area contributed by atoms with Gasteiger partial charge in [-0.05, 0) is 38.0 Å². The maximum absolute atomic E-state index is 12.9. The number of nitrogens with zero attached hydrogens (tertiary/aromatic N) is 3. The largest absolute Gasteiger partial charge is 0.481 e. The monoisotopic (exact) mass is 619 g/mol. The molecule has 2 heterocycles. The molecular formula is C32H31Cl2N5O4. The van der Waals surface area contributed by atoms with E-state index in [1.807, 2.05) is 30.3 Å². The van der Waals surface area contributed by atoms with Crippen LogP contribution in [-0.2, 0) is 18.4 Å². The number of rotatable bonds is 9. The fourth-order valence-corrected chi connectivity index (χ4v) is 6.10. The first-order chi connectivity index (χ1) is 20.7. The van der Waals surface area contributed by atoms with E-state index in [-0.39, 0.29) is 28.3 Å². The number of amides is 1. The van der Waals surface area contributed by atoms with Gasteiger partial charge in [0.1, 0.15) is 11.3 Å². The van der Waals surface area contributed by atoms with Gasteiger partial charge in [-0.3, -0.25) is 14.4 Å². The standard InChI is InChI=1S/C32H31Cl2N5O4/c1-18(40)20-7-5-11-25(20)35-17-19-13-14-26(38-31(19)43-3)23-10-4-8-21(28(23)33)22-9-6-12-27(29(22)34)37-30(41)24-15-16-36-39(2)32(24)42/h4,6,8-10,12-16,20,25,35H,5,7,11,17H2,1-3H3,(H,37,41)/t20-,25-/m1/s1. The lowest BCUT2D eigenvalue weighted by Gasteiger charge is -2.19. The molecule has 2 aromatic heterocycles. The Kier molecular flexibility index (Phi) is 9.25. The number of aromatic nitrogens is 3. The van der Waals surface area contributed by atoms with Crippen molar-refractivity contribution in [3.63, 3.8) is 0 Å². The molecule has 2 aromatic carbocycles. The van der Waals surface area contributed by atoms with Gasteiger partial charge in [0.25, 0.3) is 11.5 Å². The molecule has 0 unspecified atom stereocenters. The third kappa shape index (κ3) is 6.34. The SMILES string of the molecule is COc1nc(-c2cccc(-c3cccc(NC(=O)c4ccnn(C)c4=O)c3Cl)c2Cl)ccc1CN[C@@H]1CCC[C@@H]1C(C)=O. The average molecular weight is 621 g/mol. The average Bonchev–Trinajstić information content (AvgIpc) is 3.48. The van der Waals surface area contributed by atoms with E-state index in [1.54, 1.807) is 32.2 Å². The molecule has 5 rings (SSSR count). The molecule has 222 valence electrons. The number of nitrogens with one attached hydrogen (secondary N) is 2. The van der Waals surface area contributed by atoms with Gasteiger partial charge in [-0.2, -0.15) is 5.10 Å². The van der Waals surface area contributed by atoms with Crippen LogP contribution in [-0.4, -0.2) is 39.6 Å². The summed E-state index contributed by atoms with van der Waals surface area (Å²) >= 11 is 13.7. The van der Waals surface area contributed by atoms with E-state index in [1.165, 1.54) is 19.3 Å². The third-order valence-electron chi connectivity index (χ3n) is 7.79. The van der Waals surface area contributed by atoms with Gasteiger partial charge in [0.15, 0.2) is 0 Å². The predicted octanol–water partition coefficient (Wildman–Crippen LogP) is 5.92. The highest BCUT2D eigenvalue weighted by atomic mass is 35.5. The lowest BCUT2D eigenvalue weighted by molar-refractivity contribution is -0.121. The highest BCUT2D eigenvalue weighted by Gasteiger charge is 2.30. The van der Waals surface area contributed by atoms with E-state index >= 15 is 0 Å². The number of methoxy groups -OCH3 is 1. The lowest BCUT2D eigenvalue weighted by atomic mass is 9.99. The smallest absolute Gasteiger partial charge is 0.279 e. The quantitative estimate of drug-likeness (QED) is 0.239. The van der Waals surface area contributed by atoms with E-state index < -0.39 is 11.5 Å². The van der Waals surface area contributed by atoms with Crippen LogP contribution in [0.15, 0.2) is 65.6 Å². The van der Waals surface area contributed by atoms with Crippen molar-refractivity contribution in [1.82, 2.24) is 20.1 Å². The summed E-state index contributed by atoms with van der Waals surface area (Å²) < 4.78 is 6.71. The minimum atomic E-state index is -0.600. The molecule has 1 aliphatic rings. The Morgan fingerprint density at radius 1 is 1.00 bits per heavy atom. The van der Waals surface area contributed by atoms with Gasteiger partial charge in [0.2, 0.25) is 5.88 Å². The molecule has 1 saturated carbocycles. The number of Topliss-reactive ketones (excluding diaryl/α,β-unsaturated/α-hetero) is 1. The predicted molar refractivity (Wildman–Crippen MR) is 168 cm³/mol. The molecule has 1 aliphatic carbocycles. The summed E-state index contributed by atoms with van der Waals surface area (Å²) in [5.41, 5.74) is 3.16. The number of hydrogen-bond acceptors (Lipinski definition) is 7. The van der Waals surface area contributed by atoms with Crippen LogP contribution in [0.4, 0.5) is 5.69 Å². The van der Waals surface area contributed by atoms with Gasteiger partial charge >= 0.3 is 0 Å². The molecule has 0 aliphatic heterocycles. The van der Waals surface area contributed by atoms with Crippen molar-refractivity contribution < 1.29 is 14.3 Å². The topological polar surface area (TPSA) is 115 Å². The van der Waals surface area contributed by atoms with Crippen LogP contribution in [0.2, 0.25) is 10.0 Å². The summed E-state index contributed by atoms with van der Waals surface area (Å²) in [5, 5.41) is 10.8. The number of ketones is 1. The zero-order valence-corrected chi connectivity index (χ0v) is 25.5. The number of ether oxygens (including phenoxy) is 1. The first-order valence-corrected chi connectivity index (χ1v) is 14.6. The van der Waals surface area contributed by atoms with E-state index in [0.29, 0.717) is 45.5 Å². The van der Waals surface area contributed by atoms with Gasteiger partial charge in [-0.15, -0.1) is 0 Å². The highest BCUT2D eigenvalue weighted by molar-refractivity contribution is 6.39. The second-order valence-corrected chi connectivity index (χ2v) is 11.2. The van der Waals surface area contributed by atoms with Crippen LogP contribution in [0.5, 0.6) is 5.88 Å². The molecule has 0 bridgehead atoms. The van der Waals surface area contributed by atoms with Gasteiger partial charge in [-0.1, -0.05) is 66.0 Å². The summed E-state index contributed by atoms with van der Waals surface area (Å²) in [4.78, 5) is 42.0. The molecule has 9 nitrogen and oxygen atoms in total. The first kappa shape index (κ1) is 30.4. The van der Waals surface area contributed by atoms with Crippen molar-refractivity contribution in [1.29, 1.82) is 0 Å². The van der Waals surface area contributed by atoms with Crippen LogP contribution in [0.25, 0.3) is 22.4 Å². The van der Waals surface area contributed by atoms with Crippen LogP contribution in [0, 0.1) is 5.92 Å². The number of aryl methyl sites for hydroxylation is 1. The Bertz CT molecular complexity index is 1760. The molecule has 43 heavy (non-hydrogen) atoms. The molecule has 4 aromatic rings. The normalized spacial score (nSPS) is 16.2. The summed E-state index contributed by atoms with van der Waals surface area (Å²) in [7, 11) is 3.04. The molecule has 1 amide bonds. The van der Waals surface area contributed by atoms with E-state index in [4.69, 9.17) is 32.9 Å². The van der Waals surface area contributed by atoms with Gasteiger partial charge < -0.3 is 15.4 Å². The zero-order chi connectivity index (χ0) is 30.7. The Hall–Kier alpha value is -4.05. The Morgan fingerprint density at radius 3 is 2.47 bits per heavy atom. The van der Waals surface area contributed by atoms with Gasteiger partial charge in [0.05, 0.1) is 28.5 Å². The number of carbonyl (C=O) groups excluding carboxylic acids is 2. The second-order valence-electron chi connectivity index (χ2n) is 10.5. The fraction of sp³-hybridized carbons (Fsp3) is 0.281. The molecule has 2 N–H and O–H groups in total. The van der Waals surface area contributed by atoms with Gasteiger partial charge in [-0.25, -0.2) is 9.67 Å². The maximum Gasteiger partial charge on any atom is 0.279 e. The number of halogens is 2. The molecule has 0 spiro atoms. The maximum atomic E-state index is 12.9. The van der Waals surface area contributed by atoms with E-state index in [9.17, 15) is 14.4 Å². The first-order valence-electron chi connectivity index (χ1n) is 13.9. The van der Waals surface area contributed by atoms with Crippen molar-refractivity contribution in [3.05, 3.63) is 92.3 Å². The molecule has 2 atom stereocenters. The summed E-state index contributed by atoms with van der Waals surface area (Å²) in [5.74, 6) is 0.130. The highest BCUT2D eigenvalue weighted by Crippen LogP contribution is 2.41. The summed E-state index contributed by atoms with van der Waals surface area (Å²) in [6.45, 7) is 2.18. The van der Waals surface area contributed by atoms with Crippen molar-refractivity contribution in [3.8, 4) is 28.3 Å². The molecule has 0 radical (unpaired) electrons.